The molecule has 4 aliphatic carbocycles. The first-order valence-corrected chi connectivity index (χ1v) is 11.3. The fourth-order valence-corrected chi connectivity index (χ4v) is 7.86. The minimum Gasteiger partial charge on any atom is -0.282 e. The van der Waals surface area contributed by atoms with Crippen molar-refractivity contribution in [2.24, 2.45) is 33.3 Å². The van der Waals surface area contributed by atoms with Gasteiger partial charge >= 0.3 is 0 Å². The largest absolute Gasteiger partial charge is 0.283 e. The maximum Gasteiger partial charge on any atom is 0.283 e. The van der Waals surface area contributed by atoms with Crippen molar-refractivity contribution in [3.63, 3.8) is 0 Å². The SMILES string of the molecule is N=C1/C(=C\c2cccs2)C(=O)N=C2SC(C34CC5CC(CC(C5)C3)C4)=NN12. The molecule has 0 atom stereocenters. The Morgan fingerprint density at radius 2 is 1.89 bits per heavy atom. The van der Waals surface area contributed by atoms with Crippen molar-refractivity contribution >= 4 is 51.1 Å². The Labute approximate surface area is 166 Å². The molecule has 7 heteroatoms. The number of hydrogen-bond donors (Lipinski definition) is 1. The average Bonchev–Trinajstić information content (AvgIpc) is 3.27. The highest BCUT2D eigenvalue weighted by molar-refractivity contribution is 8.27. The molecule has 0 unspecified atom stereocenters. The number of thioether (sulfide) groups is 1. The lowest BCUT2D eigenvalue weighted by Crippen LogP contribution is -2.49. The van der Waals surface area contributed by atoms with Gasteiger partial charge in [-0.05, 0) is 85.6 Å². The molecule has 2 aliphatic heterocycles. The van der Waals surface area contributed by atoms with Crippen molar-refractivity contribution in [3.8, 4) is 0 Å². The van der Waals surface area contributed by atoms with E-state index in [1.807, 2.05) is 17.5 Å². The van der Waals surface area contributed by atoms with Crippen molar-refractivity contribution in [2.45, 2.75) is 38.5 Å². The van der Waals surface area contributed by atoms with E-state index < -0.39 is 0 Å². The van der Waals surface area contributed by atoms with Gasteiger partial charge in [0.1, 0.15) is 5.04 Å². The second-order valence-electron chi connectivity index (χ2n) is 8.64. The second-order valence-corrected chi connectivity index (χ2v) is 10.6. The van der Waals surface area contributed by atoms with Crippen LogP contribution in [0.15, 0.2) is 33.2 Å². The van der Waals surface area contributed by atoms with Crippen LogP contribution in [0.3, 0.4) is 0 Å². The van der Waals surface area contributed by atoms with Crippen LogP contribution in [0.25, 0.3) is 6.08 Å². The van der Waals surface area contributed by atoms with Gasteiger partial charge in [-0.2, -0.15) is 15.1 Å². The summed E-state index contributed by atoms with van der Waals surface area (Å²) in [7, 11) is 0. The molecule has 1 N–H and O–H groups in total. The van der Waals surface area contributed by atoms with Crippen LogP contribution < -0.4 is 0 Å². The number of aliphatic imine (C=N–C) groups is 1. The summed E-state index contributed by atoms with van der Waals surface area (Å²) >= 11 is 3.09. The summed E-state index contributed by atoms with van der Waals surface area (Å²) in [4.78, 5) is 17.8. The standard InChI is InChI=1S/C20H20N4OS2/c21-16-15(7-14-2-1-3-26-14)17(25)22-19-24(16)23-18(27-19)20-8-11-4-12(9-20)6-13(5-11)10-20/h1-3,7,11-13,21H,4-6,8-10H2/b15-7+,21-16?. The van der Waals surface area contributed by atoms with Crippen LogP contribution in [0, 0.1) is 28.6 Å². The molecule has 0 aromatic carbocycles. The van der Waals surface area contributed by atoms with E-state index >= 15 is 0 Å². The number of nitrogens with zero attached hydrogens (tertiary/aromatic N) is 3. The summed E-state index contributed by atoms with van der Waals surface area (Å²) in [6.07, 6.45) is 9.62. The van der Waals surface area contributed by atoms with Crippen LogP contribution in [0.4, 0.5) is 0 Å². The molecule has 138 valence electrons. The fourth-order valence-electron chi connectivity index (χ4n) is 6.09. The summed E-state index contributed by atoms with van der Waals surface area (Å²) < 4.78 is 0. The van der Waals surface area contributed by atoms with Crippen LogP contribution in [0.2, 0.25) is 0 Å². The number of thiophene rings is 1. The number of carbonyl (C=O) groups excluding carboxylic acids is 1. The zero-order valence-corrected chi connectivity index (χ0v) is 16.5. The summed E-state index contributed by atoms with van der Waals surface area (Å²) in [6, 6.07) is 3.89. The van der Waals surface area contributed by atoms with Gasteiger partial charge in [0.05, 0.1) is 5.57 Å². The third-order valence-corrected chi connectivity index (χ3v) is 8.75. The highest BCUT2D eigenvalue weighted by atomic mass is 32.2. The van der Waals surface area contributed by atoms with Crippen molar-refractivity contribution in [3.05, 3.63) is 28.0 Å². The van der Waals surface area contributed by atoms with E-state index in [4.69, 9.17) is 10.5 Å². The average molecular weight is 397 g/mol. The number of amidine groups is 2. The van der Waals surface area contributed by atoms with Gasteiger partial charge in [0.25, 0.3) is 5.91 Å². The van der Waals surface area contributed by atoms with E-state index in [-0.39, 0.29) is 17.2 Å². The molecule has 1 aromatic heterocycles. The minimum atomic E-state index is -0.325. The molecule has 27 heavy (non-hydrogen) atoms. The fraction of sp³-hybridized carbons (Fsp3) is 0.500. The van der Waals surface area contributed by atoms with Crippen molar-refractivity contribution in [1.82, 2.24) is 5.01 Å². The number of fused-ring (bicyclic) bond motifs is 1. The van der Waals surface area contributed by atoms with Gasteiger partial charge in [-0.25, -0.2) is 0 Å². The monoisotopic (exact) mass is 396 g/mol. The number of hydrogen-bond acceptors (Lipinski definition) is 5. The number of nitrogens with one attached hydrogen (secondary N) is 1. The molecule has 1 amide bonds. The summed E-state index contributed by atoms with van der Waals surface area (Å²) in [5.41, 5.74) is 0.498. The van der Waals surface area contributed by atoms with Crippen LogP contribution in [0.1, 0.15) is 43.4 Å². The summed E-state index contributed by atoms with van der Waals surface area (Å²) in [5, 5.41) is 18.7. The molecule has 4 saturated carbocycles. The van der Waals surface area contributed by atoms with Gasteiger partial charge in [-0.15, -0.1) is 11.3 Å². The van der Waals surface area contributed by atoms with Gasteiger partial charge in [0.2, 0.25) is 5.17 Å². The highest BCUT2D eigenvalue weighted by Gasteiger charge is 2.55. The van der Waals surface area contributed by atoms with Crippen molar-refractivity contribution < 1.29 is 4.79 Å². The summed E-state index contributed by atoms with van der Waals surface area (Å²) in [6.45, 7) is 0. The Kier molecular flexibility index (Phi) is 3.39. The lowest BCUT2D eigenvalue weighted by Gasteiger charge is -2.56. The molecule has 0 saturated heterocycles. The van der Waals surface area contributed by atoms with Crippen molar-refractivity contribution in [1.29, 1.82) is 5.41 Å². The predicted octanol–water partition coefficient (Wildman–Crippen LogP) is 4.58. The second kappa shape index (κ2) is 5.64. The first-order chi connectivity index (χ1) is 13.1. The Hall–Kier alpha value is -1.73. The summed E-state index contributed by atoms with van der Waals surface area (Å²) in [5.74, 6) is 2.36. The molecule has 6 aliphatic rings. The number of hydrazone groups is 1. The minimum absolute atomic E-state index is 0.158. The topological polar surface area (TPSA) is 68.9 Å². The third-order valence-electron chi connectivity index (χ3n) is 6.78. The van der Waals surface area contributed by atoms with Crippen LogP contribution in [-0.4, -0.2) is 27.0 Å². The Balaban J connectivity index is 1.35. The van der Waals surface area contributed by atoms with Gasteiger partial charge < -0.3 is 0 Å². The Bertz CT molecular complexity index is 908. The highest BCUT2D eigenvalue weighted by Crippen LogP contribution is 2.62. The van der Waals surface area contributed by atoms with Crippen LogP contribution >= 0.6 is 23.1 Å². The molecule has 7 rings (SSSR count). The maximum absolute atomic E-state index is 12.5. The molecular weight excluding hydrogens is 376 g/mol. The first-order valence-electron chi connectivity index (χ1n) is 9.64. The Morgan fingerprint density at radius 1 is 1.19 bits per heavy atom. The maximum atomic E-state index is 12.5. The molecule has 5 nitrogen and oxygen atoms in total. The van der Waals surface area contributed by atoms with Gasteiger partial charge in [0.15, 0.2) is 5.84 Å². The zero-order chi connectivity index (χ0) is 18.2. The van der Waals surface area contributed by atoms with Gasteiger partial charge in [-0.1, -0.05) is 6.07 Å². The number of amides is 1. The normalized spacial score (nSPS) is 38.4. The molecule has 4 fully saturated rings. The third kappa shape index (κ3) is 2.44. The van der Waals surface area contributed by atoms with Crippen LogP contribution in [-0.2, 0) is 4.79 Å². The van der Waals surface area contributed by atoms with E-state index in [1.165, 1.54) is 38.5 Å². The van der Waals surface area contributed by atoms with E-state index in [2.05, 4.69) is 4.99 Å². The van der Waals surface area contributed by atoms with Gasteiger partial charge in [-0.3, -0.25) is 10.2 Å². The molecule has 1 aromatic rings. The first kappa shape index (κ1) is 16.2. The van der Waals surface area contributed by atoms with E-state index in [1.54, 1.807) is 34.2 Å². The van der Waals surface area contributed by atoms with E-state index in [9.17, 15) is 4.79 Å². The molecule has 4 bridgehead atoms. The molecule has 3 heterocycles. The number of carbonyl (C=O) groups is 1. The molecular formula is C20H20N4OS2. The Morgan fingerprint density at radius 3 is 2.52 bits per heavy atom. The molecule has 0 radical (unpaired) electrons. The van der Waals surface area contributed by atoms with Crippen molar-refractivity contribution in [2.75, 3.05) is 0 Å². The smallest absolute Gasteiger partial charge is 0.282 e. The number of rotatable bonds is 2. The zero-order valence-electron chi connectivity index (χ0n) is 14.9. The lowest BCUT2D eigenvalue weighted by atomic mass is 9.50. The van der Waals surface area contributed by atoms with E-state index in [0.717, 1.165) is 27.7 Å². The predicted molar refractivity (Wildman–Crippen MR) is 110 cm³/mol. The van der Waals surface area contributed by atoms with E-state index in [0.29, 0.717) is 10.7 Å². The van der Waals surface area contributed by atoms with Crippen LogP contribution in [0.5, 0.6) is 0 Å². The van der Waals surface area contributed by atoms with Gasteiger partial charge in [0, 0.05) is 10.3 Å². The lowest BCUT2D eigenvalue weighted by molar-refractivity contribution is -0.114. The molecule has 0 spiro atoms. The quantitative estimate of drug-likeness (QED) is 0.744.